The molecule has 0 aromatic carbocycles. The molecule has 1 saturated heterocycles. The molecule has 1 fully saturated rings. The Kier molecular flexibility index (Phi) is 8.77. The van der Waals surface area contributed by atoms with Crippen molar-refractivity contribution in [3.05, 3.63) is 0 Å². The van der Waals surface area contributed by atoms with E-state index in [1.807, 2.05) is 0 Å². The van der Waals surface area contributed by atoms with Crippen LogP contribution in [0.25, 0.3) is 0 Å². The van der Waals surface area contributed by atoms with E-state index in [1.54, 1.807) is 0 Å². The molecule has 3 nitrogen and oxygen atoms in total. The molecule has 3 heteroatoms. The van der Waals surface area contributed by atoms with Crippen molar-refractivity contribution in [1.29, 1.82) is 0 Å². The van der Waals surface area contributed by atoms with Gasteiger partial charge < -0.3 is 14.8 Å². The highest BCUT2D eigenvalue weighted by atomic mass is 16.5. The molecule has 0 atom stereocenters. The summed E-state index contributed by atoms with van der Waals surface area (Å²) in [5.41, 5.74) is 0. The first-order valence-electron chi connectivity index (χ1n) is 6.83. The Morgan fingerprint density at radius 2 is 1.94 bits per heavy atom. The molecule has 0 saturated carbocycles. The van der Waals surface area contributed by atoms with Crippen LogP contribution in [0.3, 0.4) is 0 Å². The highest BCUT2D eigenvalue weighted by Gasteiger charge is 2.13. The average Bonchev–Trinajstić information content (AvgIpc) is 2.34. The predicted octanol–water partition coefficient (Wildman–Crippen LogP) is 2.35. The van der Waals surface area contributed by atoms with Crippen LogP contribution in [0.4, 0.5) is 0 Å². The maximum Gasteiger partial charge on any atom is 0.0619 e. The van der Waals surface area contributed by atoms with Crippen LogP contribution < -0.4 is 5.32 Å². The number of hydrogen-bond acceptors (Lipinski definition) is 3. The quantitative estimate of drug-likeness (QED) is 0.616. The topological polar surface area (TPSA) is 30.5 Å². The van der Waals surface area contributed by atoms with Crippen molar-refractivity contribution in [3.63, 3.8) is 0 Å². The second-order valence-electron chi connectivity index (χ2n) is 4.49. The molecule has 0 amide bonds. The molecule has 16 heavy (non-hydrogen) atoms. The molecule has 1 heterocycles. The highest BCUT2D eigenvalue weighted by Crippen LogP contribution is 2.11. The second-order valence-corrected chi connectivity index (χ2v) is 4.49. The number of rotatable bonds is 9. The van der Waals surface area contributed by atoms with E-state index in [2.05, 4.69) is 12.2 Å². The summed E-state index contributed by atoms with van der Waals surface area (Å²) < 4.78 is 11.1. The number of ether oxygens (including phenoxy) is 2. The monoisotopic (exact) mass is 229 g/mol. The van der Waals surface area contributed by atoms with E-state index in [1.165, 1.54) is 25.7 Å². The van der Waals surface area contributed by atoms with Crippen molar-refractivity contribution in [2.24, 2.45) is 0 Å². The zero-order valence-electron chi connectivity index (χ0n) is 10.7. The van der Waals surface area contributed by atoms with E-state index >= 15 is 0 Å². The number of hydrogen-bond donors (Lipinski definition) is 1. The third-order valence-corrected chi connectivity index (χ3v) is 2.95. The fourth-order valence-corrected chi connectivity index (χ4v) is 1.92. The molecule has 1 aliphatic heterocycles. The predicted molar refractivity (Wildman–Crippen MR) is 66.8 cm³/mol. The molecule has 96 valence electrons. The van der Waals surface area contributed by atoms with Crippen molar-refractivity contribution in [2.75, 3.05) is 32.9 Å². The Labute approximate surface area is 99.9 Å². The summed E-state index contributed by atoms with van der Waals surface area (Å²) in [7, 11) is 0. The van der Waals surface area contributed by atoms with E-state index in [9.17, 15) is 0 Å². The van der Waals surface area contributed by atoms with Crippen molar-refractivity contribution in [2.45, 2.75) is 51.6 Å². The molecule has 0 unspecified atom stereocenters. The van der Waals surface area contributed by atoms with Gasteiger partial charge in [-0.15, -0.1) is 0 Å². The Bertz CT molecular complexity index is 147. The van der Waals surface area contributed by atoms with Crippen molar-refractivity contribution >= 4 is 0 Å². The summed E-state index contributed by atoms with van der Waals surface area (Å²) in [6.07, 6.45) is 7.61. The van der Waals surface area contributed by atoms with Gasteiger partial charge in [-0.3, -0.25) is 0 Å². The SMILES string of the molecule is CCCNCCCCCOC1CCOCC1. The standard InChI is InChI=1S/C13H27NO2/c1-2-8-14-9-4-3-5-10-16-13-6-11-15-12-7-13/h13-14H,2-12H2,1H3. The van der Waals surface area contributed by atoms with E-state index in [4.69, 9.17) is 9.47 Å². The number of unbranched alkanes of at least 4 members (excludes halogenated alkanes) is 2. The van der Waals surface area contributed by atoms with Gasteiger partial charge >= 0.3 is 0 Å². The Hall–Kier alpha value is -0.120. The van der Waals surface area contributed by atoms with Gasteiger partial charge in [0.15, 0.2) is 0 Å². The Balaban J connectivity index is 1.77. The third-order valence-electron chi connectivity index (χ3n) is 2.95. The van der Waals surface area contributed by atoms with E-state index in [0.717, 1.165) is 45.8 Å². The molecule has 0 aromatic heterocycles. The van der Waals surface area contributed by atoms with Crippen LogP contribution in [-0.4, -0.2) is 39.0 Å². The molecule has 0 bridgehead atoms. The van der Waals surface area contributed by atoms with Gasteiger partial charge in [0.1, 0.15) is 0 Å². The summed E-state index contributed by atoms with van der Waals surface area (Å²) in [5.74, 6) is 0. The van der Waals surface area contributed by atoms with Crippen LogP contribution in [0.5, 0.6) is 0 Å². The van der Waals surface area contributed by atoms with Gasteiger partial charge in [-0.05, 0) is 51.6 Å². The second kappa shape index (κ2) is 10.1. The fraction of sp³-hybridized carbons (Fsp3) is 1.00. The van der Waals surface area contributed by atoms with Crippen LogP contribution >= 0.6 is 0 Å². The fourth-order valence-electron chi connectivity index (χ4n) is 1.92. The van der Waals surface area contributed by atoms with Gasteiger partial charge in [-0.2, -0.15) is 0 Å². The first-order chi connectivity index (χ1) is 7.93. The van der Waals surface area contributed by atoms with E-state index < -0.39 is 0 Å². The molecule has 0 aromatic rings. The average molecular weight is 229 g/mol. The molecule has 1 aliphatic rings. The molecule has 0 aliphatic carbocycles. The first-order valence-corrected chi connectivity index (χ1v) is 6.83. The van der Waals surface area contributed by atoms with Crippen LogP contribution in [0.1, 0.15) is 45.4 Å². The maximum absolute atomic E-state index is 5.81. The molecule has 0 spiro atoms. The van der Waals surface area contributed by atoms with Crippen LogP contribution in [0.2, 0.25) is 0 Å². The maximum atomic E-state index is 5.81. The summed E-state index contributed by atoms with van der Waals surface area (Å²) in [4.78, 5) is 0. The largest absolute Gasteiger partial charge is 0.381 e. The molecule has 1 N–H and O–H groups in total. The summed E-state index contributed by atoms with van der Waals surface area (Å²) in [6, 6.07) is 0. The molecular weight excluding hydrogens is 202 g/mol. The van der Waals surface area contributed by atoms with E-state index in [-0.39, 0.29) is 0 Å². The van der Waals surface area contributed by atoms with E-state index in [0.29, 0.717) is 6.10 Å². The Morgan fingerprint density at radius 1 is 1.12 bits per heavy atom. The number of nitrogens with one attached hydrogen (secondary N) is 1. The summed E-state index contributed by atoms with van der Waals surface area (Å²) in [6.45, 7) is 7.20. The lowest BCUT2D eigenvalue weighted by atomic mass is 10.1. The van der Waals surface area contributed by atoms with Gasteiger partial charge in [0, 0.05) is 19.8 Å². The van der Waals surface area contributed by atoms with Gasteiger partial charge in [0.05, 0.1) is 6.10 Å². The third kappa shape index (κ3) is 7.20. The minimum Gasteiger partial charge on any atom is -0.381 e. The zero-order chi connectivity index (χ0) is 11.5. The minimum atomic E-state index is 0.465. The smallest absolute Gasteiger partial charge is 0.0619 e. The normalized spacial score (nSPS) is 17.8. The van der Waals surface area contributed by atoms with Gasteiger partial charge in [0.25, 0.3) is 0 Å². The van der Waals surface area contributed by atoms with Crippen molar-refractivity contribution in [3.8, 4) is 0 Å². The molecule has 0 radical (unpaired) electrons. The highest BCUT2D eigenvalue weighted by molar-refractivity contribution is 4.62. The Morgan fingerprint density at radius 3 is 2.69 bits per heavy atom. The van der Waals surface area contributed by atoms with Crippen molar-refractivity contribution in [1.82, 2.24) is 5.32 Å². The zero-order valence-corrected chi connectivity index (χ0v) is 10.7. The van der Waals surface area contributed by atoms with Gasteiger partial charge in [-0.25, -0.2) is 0 Å². The molecule has 1 rings (SSSR count). The minimum absolute atomic E-state index is 0.465. The van der Waals surface area contributed by atoms with Crippen LogP contribution in [-0.2, 0) is 9.47 Å². The van der Waals surface area contributed by atoms with Crippen molar-refractivity contribution < 1.29 is 9.47 Å². The van der Waals surface area contributed by atoms with Crippen LogP contribution in [0.15, 0.2) is 0 Å². The van der Waals surface area contributed by atoms with Crippen LogP contribution in [0, 0.1) is 0 Å². The van der Waals surface area contributed by atoms with Gasteiger partial charge in [-0.1, -0.05) is 6.92 Å². The lowest BCUT2D eigenvalue weighted by Crippen LogP contribution is -2.23. The lowest BCUT2D eigenvalue weighted by molar-refractivity contribution is -0.0326. The summed E-state index contributed by atoms with van der Waals surface area (Å²) in [5, 5.41) is 3.42. The lowest BCUT2D eigenvalue weighted by Gasteiger charge is -2.22. The molecular formula is C13H27NO2. The van der Waals surface area contributed by atoms with Gasteiger partial charge in [0.2, 0.25) is 0 Å². The first kappa shape index (κ1) is 13.9. The summed E-state index contributed by atoms with van der Waals surface area (Å²) >= 11 is 0.